The van der Waals surface area contributed by atoms with Crippen LogP contribution in [0.2, 0.25) is 0 Å². The molecule has 0 atom stereocenters. The maximum Gasteiger partial charge on any atom is 0.198 e. The highest BCUT2D eigenvalue weighted by Gasteiger charge is 2.09. The molecular weight excluding hydrogens is 391 g/mol. The Bertz CT molecular complexity index is 1170. The second-order valence-electron chi connectivity index (χ2n) is 7.35. The van der Waals surface area contributed by atoms with Gasteiger partial charge in [0.1, 0.15) is 11.6 Å². The van der Waals surface area contributed by atoms with Crippen LogP contribution in [-0.4, -0.2) is 11.1 Å². The van der Waals surface area contributed by atoms with E-state index in [-0.39, 0.29) is 11.8 Å². The van der Waals surface area contributed by atoms with Gasteiger partial charge in [-0.2, -0.15) is 0 Å². The molecule has 1 heterocycles. The fraction of sp³-hybridized carbons (Fsp3) is 0.120. The zero-order chi connectivity index (χ0) is 21.6. The molecule has 0 aliphatic rings. The van der Waals surface area contributed by atoms with Crippen molar-refractivity contribution in [2.75, 3.05) is 10.6 Å². The van der Waals surface area contributed by atoms with Crippen molar-refractivity contribution >= 4 is 17.5 Å². The van der Waals surface area contributed by atoms with Gasteiger partial charge in [0.15, 0.2) is 11.8 Å². The lowest BCUT2D eigenvalue weighted by molar-refractivity contribution is 0.386. The quantitative estimate of drug-likeness (QED) is 0.266. The molecule has 0 bridgehead atoms. The summed E-state index contributed by atoms with van der Waals surface area (Å²) in [7, 11) is 0. The van der Waals surface area contributed by atoms with E-state index >= 15 is 0 Å². The third kappa shape index (κ3) is 5.36. The van der Waals surface area contributed by atoms with Crippen LogP contribution in [0.4, 0.5) is 15.9 Å². The highest BCUT2D eigenvalue weighted by atomic mass is 19.1. The summed E-state index contributed by atoms with van der Waals surface area (Å²) in [5.41, 5.74) is 4.31. The van der Waals surface area contributed by atoms with Crippen LogP contribution in [0.3, 0.4) is 0 Å². The van der Waals surface area contributed by atoms with Crippen molar-refractivity contribution in [1.82, 2.24) is 5.16 Å². The lowest BCUT2D eigenvalue weighted by Crippen LogP contribution is -2.20. The van der Waals surface area contributed by atoms with E-state index in [0.717, 1.165) is 22.4 Å². The fourth-order valence-electron chi connectivity index (χ4n) is 3.26. The van der Waals surface area contributed by atoms with Gasteiger partial charge in [0.25, 0.3) is 0 Å². The molecule has 31 heavy (non-hydrogen) atoms. The van der Waals surface area contributed by atoms with Gasteiger partial charge in [-0.15, -0.1) is 0 Å². The molecule has 6 heteroatoms. The molecule has 0 saturated heterocycles. The number of halogens is 1. The SMILES string of the molecule is Cc1ccc(NC(=N)Nc2cc(CCc3ccc(-c4ccccc4)c(F)c3)on2)cc1. The summed E-state index contributed by atoms with van der Waals surface area (Å²) in [6, 6.07) is 24.3. The first-order valence-corrected chi connectivity index (χ1v) is 10.1. The summed E-state index contributed by atoms with van der Waals surface area (Å²) >= 11 is 0. The van der Waals surface area contributed by atoms with Gasteiger partial charge in [0.2, 0.25) is 0 Å². The first-order chi connectivity index (χ1) is 15.1. The first kappa shape index (κ1) is 20.3. The Hall–Kier alpha value is -3.93. The normalized spacial score (nSPS) is 10.6. The van der Waals surface area contributed by atoms with Crippen LogP contribution in [0, 0.1) is 18.2 Å². The van der Waals surface area contributed by atoms with Crippen LogP contribution in [0.25, 0.3) is 11.1 Å². The van der Waals surface area contributed by atoms with E-state index in [9.17, 15) is 4.39 Å². The van der Waals surface area contributed by atoms with Gasteiger partial charge >= 0.3 is 0 Å². The van der Waals surface area contributed by atoms with Gasteiger partial charge in [-0.05, 0) is 42.7 Å². The Kier molecular flexibility index (Phi) is 6.08. The highest BCUT2D eigenvalue weighted by Crippen LogP contribution is 2.24. The Balaban J connectivity index is 1.32. The molecule has 0 saturated carbocycles. The van der Waals surface area contributed by atoms with Gasteiger partial charge in [0, 0.05) is 23.7 Å². The monoisotopic (exact) mass is 414 g/mol. The Morgan fingerprint density at radius 2 is 1.71 bits per heavy atom. The maximum atomic E-state index is 14.5. The largest absolute Gasteiger partial charge is 0.359 e. The zero-order valence-electron chi connectivity index (χ0n) is 17.2. The molecule has 3 aromatic carbocycles. The minimum atomic E-state index is -0.237. The van der Waals surface area contributed by atoms with E-state index in [1.807, 2.05) is 73.7 Å². The second-order valence-corrected chi connectivity index (χ2v) is 7.35. The predicted molar refractivity (Wildman–Crippen MR) is 122 cm³/mol. The van der Waals surface area contributed by atoms with Crippen molar-refractivity contribution < 1.29 is 8.91 Å². The summed E-state index contributed by atoms with van der Waals surface area (Å²) in [6.07, 6.45) is 1.21. The summed E-state index contributed by atoms with van der Waals surface area (Å²) in [5.74, 6) is 0.977. The molecule has 1 aromatic heterocycles. The van der Waals surface area contributed by atoms with E-state index in [1.165, 1.54) is 0 Å². The van der Waals surface area contributed by atoms with Gasteiger partial charge < -0.3 is 15.2 Å². The van der Waals surface area contributed by atoms with E-state index in [0.29, 0.717) is 30.0 Å². The minimum Gasteiger partial charge on any atom is -0.359 e. The zero-order valence-corrected chi connectivity index (χ0v) is 17.2. The lowest BCUT2D eigenvalue weighted by atomic mass is 10.0. The molecule has 0 amide bonds. The third-order valence-corrected chi connectivity index (χ3v) is 4.91. The third-order valence-electron chi connectivity index (χ3n) is 4.91. The summed E-state index contributed by atoms with van der Waals surface area (Å²) in [6.45, 7) is 2.01. The number of hydrogen-bond donors (Lipinski definition) is 3. The topological polar surface area (TPSA) is 73.9 Å². The Morgan fingerprint density at radius 3 is 2.45 bits per heavy atom. The number of hydrogen-bond acceptors (Lipinski definition) is 3. The molecule has 0 fully saturated rings. The predicted octanol–water partition coefficient (Wildman–Crippen LogP) is 6.03. The molecule has 156 valence electrons. The average molecular weight is 414 g/mol. The van der Waals surface area contributed by atoms with Crippen molar-refractivity contribution in [2.24, 2.45) is 0 Å². The molecule has 0 spiro atoms. The Labute approximate surface area is 180 Å². The minimum absolute atomic E-state index is 0.0993. The number of anilines is 2. The van der Waals surface area contributed by atoms with Crippen LogP contribution in [0.1, 0.15) is 16.9 Å². The molecule has 0 radical (unpaired) electrons. The maximum absolute atomic E-state index is 14.5. The summed E-state index contributed by atoms with van der Waals surface area (Å²) in [4.78, 5) is 0. The molecule has 0 unspecified atom stereocenters. The van der Waals surface area contributed by atoms with Gasteiger partial charge in [-0.1, -0.05) is 65.3 Å². The highest BCUT2D eigenvalue weighted by molar-refractivity contribution is 6.00. The lowest BCUT2D eigenvalue weighted by Gasteiger charge is -2.08. The van der Waals surface area contributed by atoms with Gasteiger partial charge in [-0.3, -0.25) is 5.41 Å². The smallest absolute Gasteiger partial charge is 0.198 e. The number of rotatable bonds is 6. The molecule has 3 N–H and O–H groups in total. The van der Waals surface area contributed by atoms with Crippen molar-refractivity contribution in [1.29, 1.82) is 5.41 Å². The van der Waals surface area contributed by atoms with Crippen molar-refractivity contribution in [2.45, 2.75) is 19.8 Å². The van der Waals surface area contributed by atoms with E-state index in [4.69, 9.17) is 9.93 Å². The van der Waals surface area contributed by atoms with E-state index in [2.05, 4.69) is 15.8 Å². The number of nitrogens with zero attached hydrogens (tertiary/aromatic N) is 1. The number of aryl methyl sites for hydroxylation is 3. The van der Waals surface area contributed by atoms with Crippen LogP contribution in [-0.2, 0) is 12.8 Å². The molecule has 5 nitrogen and oxygen atoms in total. The number of guanidine groups is 1. The van der Waals surface area contributed by atoms with Gasteiger partial charge in [0.05, 0.1) is 0 Å². The second kappa shape index (κ2) is 9.26. The van der Waals surface area contributed by atoms with Gasteiger partial charge in [-0.25, -0.2) is 4.39 Å². The number of aromatic nitrogens is 1. The molecule has 0 aliphatic heterocycles. The standard InChI is InChI=1S/C25H23FN4O/c1-17-7-11-20(12-8-17)28-25(27)29-24-16-21(31-30-24)13-9-18-10-14-22(23(26)15-18)19-5-3-2-4-6-19/h2-8,10-12,14-16H,9,13H2,1H3,(H3,27,28,29,30). The van der Waals surface area contributed by atoms with Crippen molar-refractivity contribution in [3.05, 3.63) is 102 Å². The fourth-order valence-corrected chi connectivity index (χ4v) is 3.26. The van der Waals surface area contributed by atoms with Crippen LogP contribution in [0.5, 0.6) is 0 Å². The molecular formula is C25H23FN4O. The summed E-state index contributed by atoms with van der Waals surface area (Å²) in [5, 5.41) is 17.8. The van der Waals surface area contributed by atoms with E-state index in [1.54, 1.807) is 12.1 Å². The molecule has 4 rings (SSSR count). The van der Waals surface area contributed by atoms with Crippen LogP contribution in [0.15, 0.2) is 83.4 Å². The van der Waals surface area contributed by atoms with Crippen LogP contribution >= 0.6 is 0 Å². The Morgan fingerprint density at radius 1 is 0.935 bits per heavy atom. The summed E-state index contributed by atoms with van der Waals surface area (Å²) < 4.78 is 19.9. The van der Waals surface area contributed by atoms with Crippen LogP contribution < -0.4 is 10.6 Å². The number of benzene rings is 3. The first-order valence-electron chi connectivity index (χ1n) is 10.1. The van der Waals surface area contributed by atoms with E-state index < -0.39 is 0 Å². The van der Waals surface area contributed by atoms with Crippen molar-refractivity contribution in [3.63, 3.8) is 0 Å². The molecule has 4 aromatic rings. The average Bonchev–Trinajstić information content (AvgIpc) is 3.22. The number of nitrogens with one attached hydrogen (secondary N) is 3. The van der Waals surface area contributed by atoms with Crippen molar-refractivity contribution in [3.8, 4) is 11.1 Å². The molecule has 0 aliphatic carbocycles.